The second-order valence-electron chi connectivity index (χ2n) is 4.84. The van der Waals surface area contributed by atoms with Gasteiger partial charge < -0.3 is 9.47 Å². The fourth-order valence-electron chi connectivity index (χ4n) is 1.97. The molecule has 0 fully saturated rings. The zero-order valence-corrected chi connectivity index (χ0v) is 12.3. The first-order chi connectivity index (χ1) is 11.3. The third-order valence-corrected chi connectivity index (χ3v) is 3.16. The lowest BCUT2D eigenvalue weighted by molar-refractivity contribution is 0.305. The molecule has 112 valence electrons. The van der Waals surface area contributed by atoms with Crippen molar-refractivity contribution in [2.75, 3.05) is 0 Å². The molecule has 1 heterocycles. The van der Waals surface area contributed by atoms with Crippen LogP contribution in [-0.2, 0) is 6.61 Å². The van der Waals surface area contributed by atoms with E-state index in [1.807, 2.05) is 60.7 Å². The monoisotopic (exact) mass is 302 g/mol. The van der Waals surface area contributed by atoms with Crippen LogP contribution in [0.25, 0.3) is 0 Å². The summed E-state index contributed by atoms with van der Waals surface area (Å²) in [5.74, 6) is 1.88. The lowest BCUT2D eigenvalue weighted by Crippen LogP contribution is -1.95. The minimum absolute atomic E-state index is 0.446. The first-order valence-electron chi connectivity index (χ1n) is 7.14. The fraction of sp³-hybridized carbons (Fsp3) is 0.0526. The summed E-state index contributed by atoms with van der Waals surface area (Å²) in [5.41, 5.74) is 1.62. The van der Waals surface area contributed by atoms with E-state index in [2.05, 4.69) is 4.98 Å². The average molecular weight is 302 g/mol. The van der Waals surface area contributed by atoms with Gasteiger partial charge in [-0.1, -0.05) is 30.3 Å². The lowest BCUT2D eigenvalue weighted by atomic mass is 10.2. The number of hydrogen-bond donors (Lipinski definition) is 0. The van der Waals surface area contributed by atoms with E-state index in [1.165, 1.54) is 6.20 Å². The van der Waals surface area contributed by atoms with E-state index in [0.717, 1.165) is 11.3 Å². The molecular formula is C19H14N2O2. The van der Waals surface area contributed by atoms with E-state index < -0.39 is 0 Å². The number of aromatic nitrogens is 1. The Morgan fingerprint density at radius 1 is 0.870 bits per heavy atom. The Hall–Kier alpha value is -3.32. The summed E-state index contributed by atoms with van der Waals surface area (Å²) in [6.45, 7) is 0.526. The molecule has 23 heavy (non-hydrogen) atoms. The van der Waals surface area contributed by atoms with Crippen molar-refractivity contribution in [1.82, 2.24) is 4.98 Å². The molecule has 0 aliphatic rings. The van der Waals surface area contributed by atoms with Gasteiger partial charge in [-0.25, -0.2) is 4.98 Å². The van der Waals surface area contributed by atoms with Crippen LogP contribution in [0.15, 0.2) is 72.9 Å². The number of benzene rings is 2. The average Bonchev–Trinajstić information content (AvgIpc) is 2.63. The molecule has 1 aromatic heterocycles. The fourth-order valence-corrected chi connectivity index (χ4v) is 1.97. The minimum atomic E-state index is 0.446. The van der Waals surface area contributed by atoms with Crippen LogP contribution in [0.1, 0.15) is 11.1 Å². The summed E-state index contributed by atoms with van der Waals surface area (Å²) >= 11 is 0. The number of nitriles is 1. The van der Waals surface area contributed by atoms with Crippen LogP contribution in [0.3, 0.4) is 0 Å². The van der Waals surface area contributed by atoms with E-state index in [-0.39, 0.29) is 0 Å². The molecular weight excluding hydrogens is 288 g/mol. The topological polar surface area (TPSA) is 55.1 Å². The molecule has 0 bridgehead atoms. The van der Waals surface area contributed by atoms with Crippen molar-refractivity contribution in [3.8, 4) is 23.4 Å². The number of pyridine rings is 1. The van der Waals surface area contributed by atoms with Gasteiger partial charge in [0.25, 0.3) is 0 Å². The SMILES string of the molecule is N#Cc1ccc(Oc2ccc(OCc3ccccc3)cc2)nc1. The van der Waals surface area contributed by atoms with Gasteiger partial charge in [0.2, 0.25) is 5.88 Å². The van der Waals surface area contributed by atoms with Crippen LogP contribution in [0.5, 0.6) is 17.4 Å². The van der Waals surface area contributed by atoms with Crippen molar-refractivity contribution in [2.24, 2.45) is 0 Å². The molecule has 2 aromatic carbocycles. The Morgan fingerprint density at radius 3 is 2.26 bits per heavy atom. The van der Waals surface area contributed by atoms with Gasteiger partial charge >= 0.3 is 0 Å². The third-order valence-electron chi connectivity index (χ3n) is 3.16. The Morgan fingerprint density at radius 2 is 1.61 bits per heavy atom. The predicted molar refractivity (Wildman–Crippen MR) is 86.2 cm³/mol. The Bertz CT molecular complexity index is 792. The van der Waals surface area contributed by atoms with E-state index in [4.69, 9.17) is 14.7 Å². The Balaban J connectivity index is 1.59. The summed E-state index contributed by atoms with van der Waals surface area (Å²) in [5, 5.41) is 8.74. The van der Waals surface area contributed by atoms with Crippen molar-refractivity contribution >= 4 is 0 Å². The zero-order valence-electron chi connectivity index (χ0n) is 12.3. The van der Waals surface area contributed by atoms with Gasteiger partial charge in [-0.15, -0.1) is 0 Å². The van der Waals surface area contributed by atoms with Crippen molar-refractivity contribution in [2.45, 2.75) is 6.61 Å². The van der Waals surface area contributed by atoms with Crippen molar-refractivity contribution < 1.29 is 9.47 Å². The lowest BCUT2D eigenvalue weighted by Gasteiger charge is -2.08. The third kappa shape index (κ3) is 4.08. The first-order valence-corrected chi connectivity index (χ1v) is 7.14. The minimum Gasteiger partial charge on any atom is -0.489 e. The van der Waals surface area contributed by atoms with Crippen LogP contribution >= 0.6 is 0 Å². The van der Waals surface area contributed by atoms with E-state index >= 15 is 0 Å². The van der Waals surface area contributed by atoms with Crippen molar-refractivity contribution in [3.63, 3.8) is 0 Å². The van der Waals surface area contributed by atoms with E-state index in [0.29, 0.717) is 23.8 Å². The molecule has 0 aliphatic carbocycles. The summed E-state index contributed by atoms with van der Waals surface area (Å²) in [6, 6.07) is 22.7. The molecule has 0 atom stereocenters. The molecule has 0 amide bonds. The second-order valence-corrected chi connectivity index (χ2v) is 4.84. The highest BCUT2D eigenvalue weighted by Crippen LogP contribution is 2.23. The standard InChI is InChI=1S/C19H14N2O2/c20-12-16-6-11-19(21-13-16)23-18-9-7-17(8-10-18)22-14-15-4-2-1-3-5-15/h1-11,13H,14H2. The molecule has 3 aromatic rings. The van der Waals surface area contributed by atoms with E-state index in [9.17, 15) is 0 Å². The van der Waals surface area contributed by atoms with Gasteiger partial charge in [0.05, 0.1) is 5.56 Å². The first kappa shape index (κ1) is 14.6. The summed E-state index contributed by atoms with van der Waals surface area (Å²) in [6.07, 6.45) is 1.48. The van der Waals surface area contributed by atoms with Crippen LogP contribution < -0.4 is 9.47 Å². The van der Waals surface area contributed by atoms with E-state index in [1.54, 1.807) is 12.1 Å². The summed E-state index contributed by atoms with van der Waals surface area (Å²) in [4.78, 5) is 4.07. The number of rotatable bonds is 5. The van der Waals surface area contributed by atoms with Gasteiger partial charge in [-0.3, -0.25) is 0 Å². The summed E-state index contributed by atoms with van der Waals surface area (Å²) in [7, 11) is 0. The highest BCUT2D eigenvalue weighted by atomic mass is 16.5. The smallest absolute Gasteiger partial charge is 0.219 e. The molecule has 0 radical (unpaired) electrons. The Kier molecular flexibility index (Phi) is 4.51. The zero-order chi connectivity index (χ0) is 15.9. The molecule has 0 N–H and O–H groups in total. The summed E-state index contributed by atoms with van der Waals surface area (Å²) < 4.78 is 11.3. The van der Waals surface area contributed by atoms with Crippen LogP contribution in [0.2, 0.25) is 0 Å². The molecule has 0 spiro atoms. The van der Waals surface area contributed by atoms with Crippen LogP contribution in [0.4, 0.5) is 0 Å². The maximum atomic E-state index is 8.74. The predicted octanol–water partition coefficient (Wildman–Crippen LogP) is 4.32. The van der Waals surface area contributed by atoms with Crippen molar-refractivity contribution in [3.05, 3.63) is 84.1 Å². The number of hydrogen-bond acceptors (Lipinski definition) is 4. The molecule has 0 unspecified atom stereocenters. The van der Waals surface area contributed by atoms with Gasteiger partial charge in [-0.05, 0) is 35.9 Å². The molecule has 4 nitrogen and oxygen atoms in total. The quantitative estimate of drug-likeness (QED) is 0.704. The highest BCUT2D eigenvalue weighted by Gasteiger charge is 2.01. The van der Waals surface area contributed by atoms with Crippen molar-refractivity contribution in [1.29, 1.82) is 5.26 Å². The maximum Gasteiger partial charge on any atom is 0.219 e. The second kappa shape index (κ2) is 7.10. The van der Waals surface area contributed by atoms with Gasteiger partial charge in [-0.2, -0.15) is 5.26 Å². The van der Waals surface area contributed by atoms with Crippen LogP contribution in [-0.4, -0.2) is 4.98 Å². The number of ether oxygens (including phenoxy) is 2. The molecule has 0 saturated carbocycles. The molecule has 0 aliphatic heterocycles. The highest BCUT2D eigenvalue weighted by molar-refractivity contribution is 5.35. The normalized spacial score (nSPS) is 9.87. The Labute approximate surface area is 134 Å². The van der Waals surface area contributed by atoms with Gasteiger partial charge in [0.1, 0.15) is 24.2 Å². The largest absolute Gasteiger partial charge is 0.489 e. The maximum absolute atomic E-state index is 8.74. The van der Waals surface area contributed by atoms with Gasteiger partial charge in [0.15, 0.2) is 0 Å². The van der Waals surface area contributed by atoms with Gasteiger partial charge in [0, 0.05) is 12.3 Å². The number of nitrogens with zero attached hydrogens (tertiary/aromatic N) is 2. The molecule has 4 heteroatoms. The molecule has 3 rings (SSSR count). The van der Waals surface area contributed by atoms with Crippen LogP contribution in [0, 0.1) is 11.3 Å². The molecule has 0 saturated heterocycles.